The number of hydrogen-bond acceptors (Lipinski definition) is 6. The summed E-state index contributed by atoms with van der Waals surface area (Å²) >= 11 is 0. The van der Waals surface area contributed by atoms with Crippen LogP contribution in [-0.2, 0) is 14.6 Å². The van der Waals surface area contributed by atoms with Crippen LogP contribution >= 0.6 is 0 Å². The van der Waals surface area contributed by atoms with E-state index in [2.05, 4.69) is 27.2 Å². The van der Waals surface area contributed by atoms with Crippen LogP contribution in [0.4, 0.5) is 5.69 Å². The van der Waals surface area contributed by atoms with Gasteiger partial charge in [-0.1, -0.05) is 11.6 Å². The first-order valence-corrected chi connectivity index (χ1v) is 8.76. The van der Waals surface area contributed by atoms with E-state index in [4.69, 9.17) is 0 Å². The van der Waals surface area contributed by atoms with E-state index in [9.17, 15) is 13.2 Å². The third-order valence-corrected chi connectivity index (χ3v) is 5.09. The summed E-state index contributed by atoms with van der Waals surface area (Å²) in [6.45, 7) is 0. The monoisotopic (exact) mass is 318 g/mol. The number of fused-ring (bicyclic) bond motifs is 3. The van der Waals surface area contributed by atoms with Gasteiger partial charge in [0.1, 0.15) is 5.70 Å². The zero-order chi connectivity index (χ0) is 15.5. The number of carbonyl (C=O) groups is 1. The van der Waals surface area contributed by atoms with Crippen molar-refractivity contribution in [1.29, 1.82) is 0 Å². The molecule has 0 bridgehead atoms. The summed E-state index contributed by atoms with van der Waals surface area (Å²) in [6.07, 6.45) is 5.61. The topological polar surface area (TPSA) is 100 Å². The SMILES string of the molecule is CS(=O)(=O)c1ccc(NC(=O)C2=C3C=C4CC4C3NN2)cn1. The summed E-state index contributed by atoms with van der Waals surface area (Å²) in [5.41, 5.74) is 9.39. The highest BCUT2D eigenvalue weighted by Gasteiger charge is 2.48. The number of nitrogens with zero attached hydrogens (tertiary/aromatic N) is 1. The van der Waals surface area contributed by atoms with Crippen LogP contribution in [0.15, 0.2) is 46.3 Å². The van der Waals surface area contributed by atoms with E-state index in [-0.39, 0.29) is 17.0 Å². The molecule has 1 aromatic rings. The second kappa shape index (κ2) is 4.40. The lowest BCUT2D eigenvalue weighted by Gasteiger charge is -2.07. The van der Waals surface area contributed by atoms with Gasteiger partial charge in [-0.15, -0.1) is 0 Å². The van der Waals surface area contributed by atoms with Crippen molar-refractivity contribution in [1.82, 2.24) is 15.8 Å². The normalized spacial score (nSPS) is 25.2. The van der Waals surface area contributed by atoms with Gasteiger partial charge in [-0.25, -0.2) is 18.8 Å². The van der Waals surface area contributed by atoms with Crippen molar-refractivity contribution in [2.75, 3.05) is 11.6 Å². The Morgan fingerprint density at radius 3 is 2.91 bits per heavy atom. The summed E-state index contributed by atoms with van der Waals surface area (Å²) in [4.78, 5) is 16.2. The molecule has 1 aromatic heterocycles. The summed E-state index contributed by atoms with van der Waals surface area (Å²) < 4.78 is 22.7. The van der Waals surface area contributed by atoms with Crippen molar-refractivity contribution >= 4 is 21.4 Å². The molecule has 3 N–H and O–H groups in total. The zero-order valence-electron chi connectivity index (χ0n) is 11.8. The Morgan fingerprint density at radius 2 is 2.23 bits per heavy atom. The molecule has 2 heterocycles. The second-order valence-corrected chi connectivity index (χ2v) is 7.68. The largest absolute Gasteiger partial charge is 0.319 e. The van der Waals surface area contributed by atoms with Gasteiger partial charge in [0.15, 0.2) is 14.9 Å². The molecule has 4 rings (SSSR count). The fraction of sp³-hybridized carbons (Fsp3) is 0.286. The van der Waals surface area contributed by atoms with E-state index in [1.807, 2.05) is 0 Å². The van der Waals surface area contributed by atoms with Gasteiger partial charge < -0.3 is 10.7 Å². The molecule has 2 unspecified atom stereocenters. The fourth-order valence-corrected chi connectivity index (χ4v) is 3.44. The fourth-order valence-electron chi connectivity index (χ4n) is 2.88. The Balaban J connectivity index is 1.53. The van der Waals surface area contributed by atoms with E-state index in [1.54, 1.807) is 0 Å². The van der Waals surface area contributed by atoms with Gasteiger partial charge in [-0.05, 0) is 18.6 Å². The van der Waals surface area contributed by atoms with E-state index in [0.29, 0.717) is 17.3 Å². The van der Waals surface area contributed by atoms with E-state index in [0.717, 1.165) is 18.2 Å². The summed E-state index contributed by atoms with van der Waals surface area (Å²) in [6, 6.07) is 3.09. The number of sulfone groups is 1. The molecule has 2 aliphatic carbocycles. The summed E-state index contributed by atoms with van der Waals surface area (Å²) in [5, 5.41) is 2.70. The minimum absolute atomic E-state index is 0.0196. The third kappa shape index (κ3) is 2.11. The van der Waals surface area contributed by atoms with Crippen LogP contribution in [0.25, 0.3) is 0 Å². The van der Waals surface area contributed by atoms with Gasteiger partial charge in [0.2, 0.25) is 0 Å². The molecule has 1 amide bonds. The highest BCUT2D eigenvalue weighted by atomic mass is 32.2. The Labute approximate surface area is 127 Å². The highest BCUT2D eigenvalue weighted by Crippen LogP contribution is 2.50. The van der Waals surface area contributed by atoms with Crippen molar-refractivity contribution in [2.45, 2.75) is 17.5 Å². The van der Waals surface area contributed by atoms with Crippen LogP contribution < -0.4 is 16.2 Å². The minimum Gasteiger partial charge on any atom is -0.319 e. The number of anilines is 1. The van der Waals surface area contributed by atoms with E-state index >= 15 is 0 Å². The second-order valence-electron chi connectivity index (χ2n) is 5.72. The first-order valence-electron chi connectivity index (χ1n) is 6.87. The molecular formula is C14H14N4O3S. The van der Waals surface area contributed by atoms with Crippen molar-refractivity contribution in [3.8, 4) is 0 Å². The average Bonchev–Trinajstić information content (AvgIpc) is 2.93. The van der Waals surface area contributed by atoms with Crippen LogP contribution in [0.1, 0.15) is 6.42 Å². The summed E-state index contributed by atoms with van der Waals surface area (Å²) in [5.74, 6) is 0.264. The number of hydrogen-bond donors (Lipinski definition) is 3. The molecule has 8 heteroatoms. The molecule has 114 valence electrons. The van der Waals surface area contributed by atoms with E-state index < -0.39 is 9.84 Å². The molecule has 1 aliphatic heterocycles. The van der Waals surface area contributed by atoms with E-state index in [1.165, 1.54) is 23.9 Å². The zero-order valence-corrected chi connectivity index (χ0v) is 12.6. The highest BCUT2D eigenvalue weighted by molar-refractivity contribution is 7.90. The van der Waals surface area contributed by atoms with Gasteiger partial charge in [0.05, 0.1) is 17.9 Å². The Bertz CT molecular complexity index is 839. The number of pyridine rings is 1. The van der Waals surface area contributed by atoms with Crippen LogP contribution in [0.2, 0.25) is 0 Å². The van der Waals surface area contributed by atoms with Crippen LogP contribution in [0.3, 0.4) is 0 Å². The first-order chi connectivity index (χ1) is 10.4. The number of rotatable bonds is 3. The Kier molecular flexibility index (Phi) is 2.70. The first kappa shape index (κ1) is 13.5. The lowest BCUT2D eigenvalue weighted by Crippen LogP contribution is -2.35. The van der Waals surface area contributed by atoms with Gasteiger partial charge in [0.25, 0.3) is 5.91 Å². The lowest BCUT2D eigenvalue weighted by atomic mass is 10.1. The van der Waals surface area contributed by atoms with Crippen molar-refractivity contribution in [2.24, 2.45) is 5.92 Å². The molecule has 7 nitrogen and oxygen atoms in total. The van der Waals surface area contributed by atoms with Crippen LogP contribution in [0.5, 0.6) is 0 Å². The molecule has 0 radical (unpaired) electrons. The maximum atomic E-state index is 12.3. The number of carbonyl (C=O) groups excluding carboxylic acids is 1. The minimum atomic E-state index is -3.34. The summed E-state index contributed by atoms with van der Waals surface area (Å²) in [7, 11) is -3.34. The molecule has 1 fully saturated rings. The molecule has 0 saturated heterocycles. The predicted molar refractivity (Wildman–Crippen MR) is 79.3 cm³/mol. The van der Waals surface area contributed by atoms with Gasteiger partial charge in [-0.3, -0.25) is 4.79 Å². The average molecular weight is 318 g/mol. The van der Waals surface area contributed by atoms with Gasteiger partial charge in [0, 0.05) is 17.7 Å². The number of amides is 1. The number of nitrogens with one attached hydrogen (secondary N) is 3. The molecule has 1 saturated carbocycles. The maximum absolute atomic E-state index is 12.3. The molecular weight excluding hydrogens is 304 g/mol. The third-order valence-electron chi connectivity index (χ3n) is 4.09. The Morgan fingerprint density at radius 1 is 1.41 bits per heavy atom. The van der Waals surface area contributed by atoms with Crippen molar-refractivity contribution in [3.63, 3.8) is 0 Å². The Hall–Kier alpha value is -2.19. The maximum Gasteiger partial charge on any atom is 0.273 e. The predicted octanol–water partition coefficient (Wildman–Crippen LogP) is 0.114. The molecule has 22 heavy (non-hydrogen) atoms. The molecule has 0 spiro atoms. The molecule has 3 aliphatic rings. The lowest BCUT2D eigenvalue weighted by molar-refractivity contribution is -0.113. The van der Waals surface area contributed by atoms with Gasteiger partial charge in [-0.2, -0.15) is 0 Å². The van der Waals surface area contributed by atoms with Crippen LogP contribution in [0, 0.1) is 5.92 Å². The van der Waals surface area contributed by atoms with Crippen molar-refractivity contribution < 1.29 is 13.2 Å². The number of aromatic nitrogens is 1. The smallest absolute Gasteiger partial charge is 0.273 e. The standard InChI is InChI=1S/C14H14N4O3S/c1-22(20,21)11-3-2-8(6-15-11)16-14(19)13-10-5-7-4-9(7)12(10)17-18-13/h2-3,5-6,9,12,17-18H,4H2,1H3,(H,16,19). The molecule has 2 atom stereocenters. The molecule has 0 aromatic carbocycles. The van der Waals surface area contributed by atoms with Crippen LogP contribution in [-0.4, -0.2) is 31.6 Å². The van der Waals surface area contributed by atoms with Gasteiger partial charge >= 0.3 is 0 Å². The number of hydrazine groups is 1. The quantitative estimate of drug-likeness (QED) is 0.732. The van der Waals surface area contributed by atoms with Crippen molar-refractivity contribution in [3.05, 3.63) is 41.2 Å².